The molecular weight excluding hydrogens is 154 g/mol. The predicted octanol–water partition coefficient (Wildman–Crippen LogP) is 0.439. The molecule has 2 atom stereocenters. The molecule has 1 aliphatic rings. The Morgan fingerprint density at radius 1 is 1.33 bits per heavy atom. The molecule has 0 amide bonds. The van der Waals surface area contributed by atoms with Crippen molar-refractivity contribution in [3.8, 4) is 0 Å². The Hall–Kier alpha value is -0.900. The van der Waals surface area contributed by atoms with E-state index in [-0.39, 0.29) is 6.10 Å². The van der Waals surface area contributed by atoms with Crippen LogP contribution in [0.2, 0.25) is 0 Å². The first kappa shape index (κ1) is 7.73. The van der Waals surface area contributed by atoms with Crippen LogP contribution in [0.25, 0.3) is 0 Å². The summed E-state index contributed by atoms with van der Waals surface area (Å²) in [5.74, 6) is 0.404. The largest absolute Gasteiger partial charge is 0.393 e. The van der Waals surface area contributed by atoms with Crippen molar-refractivity contribution < 1.29 is 5.11 Å². The predicted molar refractivity (Wildman–Crippen MR) is 43.4 cm³/mol. The van der Waals surface area contributed by atoms with Crippen molar-refractivity contribution in [3.63, 3.8) is 0 Å². The molecular formula is C8H13N3O. The van der Waals surface area contributed by atoms with Gasteiger partial charge in [0.05, 0.1) is 6.10 Å². The van der Waals surface area contributed by atoms with Crippen molar-refractivity contribution in [1.82, 2.24) is 14.8 Å². The number of aromatic nitrogens is 3. The van der Waals surface area contributed by atoms with Gasteiger partial charge in [-0.15, -0.1) is 10.2 Å². The Morgan fingerprint density at radius 3 is 2.67 bits per heavy atom. The first-order valence-electron chi connectivity index (χ1n) is 4.37. The topological polar surface area (TPSA) is 50.9 Å². The van der Waals surface area contributed by atoms with Crippen molar-refractivity contribution in [2.75, 3.05) is 0 Å². The first-order valence-corrected chi connectivity index (χ1v) is 4.37. The van der Waals surface area contributed by atoms with Crippen LogP contribution in [0.15, 0.2) is 12.7 Å². The third kappa shape index (κ3) is 1.48. The summed E-state index contributed by atoms with van der Waals surface area (Å²) in [4.78, 5) is 0. The van der Waals surface area contributed by atoms with Crippen LogP contribution in [0, 0.1) is 5.92 Å². The Morgan fingerprint density at radius 2 is 2.08 bits per heavy atom. The summed E-state index contributed by atoms with van der Waals surface area (Å²) < 4.78 is 1.93. The van der Waals surface area contributed by atoms with Crippen molar-refractivity contribution >= 4 is 0 Å². The van der Waals surface area contributed by atoms with Crippen LogP contribution in [0.4, 0.5) is 0 Å². The molecule has 1 aliphatic carbocycles. The molecule has 1 N–H and O–H groups in total. The first-order chi connectivity index (χ1) is 5.86. The Labute approximate surface area is 71.2 Å². The molecule has 2 unspecified atom stereocenters. The molecule has 0 radical (unpaired) electrons. The Balaban J connectivity index is 1.95. The molecule has 4 heteroatoms. The highest BCUT2D eigenvalue weighted by molar-refractivity contribution is 4.77. The van der Waals surface area contributed by atoms with Crippen LogP contribution < -0.4 is 0 Å². The molecule has 66 valence electrons. The van der Waals surface area contributed by atoms with Crippen molar-refractivity contribution in [3.05, 3.63) is 12.7 Å². The summed E-state index contributed by atoms with van der Waals surface area (Å²) >= 11 is 0. The molecule has 1 aromatic rings. The number of rotatable bonds is 2. The van der Waals surface area contributed by atoms with E-state index >= 15 is 0 Å². The second kappa shape index (κ2) is 3.23. The van der Waals surface area contributed by atoms with Gasteiger partial charge in [-0.3, -0.25) is 0 Å². The summed E-state index contributed by atoms with van der Waals surface area (Å²) in [6.07, 6.45) is 6.50. The van der Waals surface area contributed by atoms with Crippen molar-refractivity contribution in [2.45, 2.75) is 31.9 Å². The minimum Gasteiger partial charge on any atom is -0.393 e. The lowest BCUT2D eigenvalue weighted by atomic mass is 10.1. The molecule has 0 bridgehead atoms. The van der Waals surface area contributed by atoms with E-state index < -0.39 is 0 Å². The van der Waals surface area contributed by atoms with E-state index in [0.29, 0.717) is 5.92 Å². The van der Waals surface area contributed by atoms with Gasteiger partial charge in [0, 0.05) is 12.5 Å². The maximum atomic E-state index is 9.53. The normalized spacial score (nSPS) is 29.4. The molecule has 1 fully saturated rings. The average molecular weight is 167 g/mol. The van der Waals surface area contributed by atoms with Gasteiger partial charge < -0.3 is 9.67 Å². The highest BCUT2D eigenvalue weighted by atomic mass is 16.3. The fourth-order valence-corrected chi connectivity index (χ4v) is 1.82. The van der Waals surface area contributed by atoms with E-state index in [1.54, 1.807) is 12.7 Å². The smallest absolute Gasteiger partial charge is 0.119 e. The van der Waals surface area contributed by atoms with Crippen molar-refractivity contribution in [1.29, 1.82) is 0 Å². The minimum atomic E-state index is -0.118. The molecule has 12 heavy (non-hydrogen) atoms. The molecule has 0 aromatic carbocycles. The van der Waals surface area contributed by atoms with Crippen LogP contribution in [-0.4, -0.2) is 26.0 Å². The maximum Gasteiger partial charge on any atom is 0.119 e. The summed E-state index contributed by atoms with van der Waals surface area (Å²) in [7, 11) is 0. The van der Waals surface area contributed by atoms with Crippen LogP contribution >= 0.6 is 0 Å². The summed E-state index contributed by atoms with van der Waals surface area (Å²) in [6, 6.07) is 0. The van der Waals surface area contributed by atoms with E-state index in [1.165, 1.54) is 0 Å². The van der Waals surface area contributed by atoms with E-state index in [2.05, 4.69) is 10.2 Å². The zero-order valence-electron chi connectivity index (χ0n) is 6.93. The highest BCUT2D eigenvalue weighted by Crippen LogP contribution is 2.26. The summed E-state index contributed by atoms with van der Waals surface area (Å²) in [5, 5.41) is 17.0. The van der Waals surface area contributed by atoms with E-state index in [0.717, 1.165) is 25.8 Å². The fourth-order valence-electron chi connectivity index (χ4n) is 1.82. The van der Waals surface area contributed by atoms with E-state index in [4.69, 9.17) is 0 Å². The Kier molecular flexibility index (Phi) is 2.08. The van der Waals surface area contributed by atoms with Gasteiger partial charge in [-0.05, 0) is 12.8 Å². The zero-order valence-corrected chi connectivity index (χ0v) is 6.93. The standard InChI is InChI=1S/C8H13N3O/c12-8-3-1-2-7(8)4-11-5-9-10-6-11/h5-8,12H,1-4H2. The van der Waals surface area contributed by atoms with Gasteiger partial charge in [-0.2, -0.15) is 0 Å². The second-order valence-electron chi connectivity index (χ2n) is 3.42. The van der Waals surface area contributed by atoms with Crippen LogP contribution in [0.3, 0.4) is 0 Å². The number of aliphatic hydroxyl groups excluding tert-OH is 1. The Bertz CT molecular complexity index is 234. The van der Waals surface area contributed by atoms with Gasteiger partial charge in [-0.25, -0.2) is 0 Å². The molecule has 1 aromatic heterocycles. The molecule has 1 saturated carbocycles. The summed E-state index contributed by atoms with van der Waals surface area (Å²) in [5.41, 5.74) is 0. The van der Waals surface area contributed by atoms with Crippen LogP contribution in [0.5, 0.6) is 0 Å². The van der Waals surface area contributed by atoms with Crippen LogP contribution in [0.1, 0.15) is 19.3 Å². The molecule has 0 aliphatic heterocycles. The summed E-state index contributed by atoms with van der Waals surface area (Å²) in [6.45, 7) is 0.855. The zero-order chi connectivity index (χ0) is 8.39. The molecule has 0 saturated heterocycles. The molecule has 2 rings (SSSR count). The van der Waals surface area contributed by atoms with Gasteiger partial charge in [-0.1, -0.05) is 6.42 Å². The maximum absolute atomic E-state index is 9.53. The van der Waals surface area contributed by atoms with Crippen LogP contribution in [-0.2, 0) is 6.54 Å². The van der Waals surface area contributed by atoms with Gasteiger partial charge in [0.1, 0.15) is 12.7 Å². The van der Waals surface area contributed by atoms with Gasteiger partial charge in [0.2, 0.25) is 0 Å². The SMILES string of the molecule is OC1CCCC1Cn1cnnc1. The number of hydrogen-bond donors (Lipinski definition) is 1. The van der Waals surface area contributed by atoms with E-state index in [1.807, 2.05) is 4.57 Å². The molecule has 0 spiro atoms. The monoisotopic (exact) mass is 167 g/mol. The quantitative estimate of drug-likeness (QED) is 0.695. The molecule has 1 heterocycles. The number of nitrogens with zero attached hydrogens (tertiary/aromatic N) is 3. The van der Waals surface area contributed by atoms with Gasteiger partial charge >= 0.3 is 0 Å². The number of aliphatic hydroxyl groups is 1. The van der Waals surface area contributed by atoms with E-state index in [9.17, 15) is 5.11 Å². The van der Waals surface area contributed by atoms with Gasteiger partial charge in [0.15, 0.2) is 0 Å². The average Bonchev–Trinajstić information content (AvgIpc) is 2.65. The second-order valence-corrected chi connectivity index (χ2v) is 3.42. The number of hydrogen-bond acceptors (Lipinski definition) is 3. The minimum absolute atomic E-state index is 0.118. The lowest BCUT2D eigenvalue weighted by Crippen LogP contribution is -2.18. The third-order valence-electron chi connectivity index (χ3n) is 2.53. The molecule has 4 nitrogen and oxygen atoms in total. The van der Waals surface area contributed by atoms with Crippen molar-refractivity contribution in [2.24, 2.45) is 5.92 Å². The highest BCUT2D eigenvalue weighted by Gasteiger charge is 2.25. The van der Waals surface area contributed by atoms with Gasteiger partial charge in [0.25, 0.3) is 0 Å². The fraction of sp³-hybridized carbons (Fsp3) is 0.750. The lowest BCUT2D eigenvalue weighted by molar-refractivity contribution is 0.123. The third-order valence-corrected chi connectivity index (χ3v) is 2.53. The lowest BCUT2D eigenvalue weighted by Gasteiger charge is -2.13.